The summed E-state index contributed by atoms with van der Waals surface area (Å²) in [5.41, 5.74) is 3.71. The van der Waals surface area contributed by atoms with Crippen LogP contribution in [0.15, 0.2) is 53.3 Å². The Bertz CT molecular complexity index is 981. The Morgan fingerprint density at radius 1 is 1.23 bits per heavy atom. The Kier molecular flexibility index (Phi) is 3.96. The topological polar surface area (TPSA) is 88.3 Å². The predicted octanol–water partition coefficient (Wildman–Crippen LogP) is 2.83. The third-order valence-corrected chi connectivity index (χ3v) is 4.24. The molecule has 0 saturated heterocycles. The van der Waals surface area contributed by atoms with E-state index in [0.717, 1.165) is 17.7 Å². The van der Waals surface area contributed by atoms with E-state index in [1.54, 1.807) is 48.5 Å². The predicted molar refractivity (Wildman–Crippen MR) is 95.3 cm³/mol. The Labute approximate surface area is 149 Å². The van der Waals surface area contributed by atoms with Gasteiger partial charge in [0.25, 0.3) is 11.8 Å². The summed E-state index contributed by atoms with van der Waals surface area (Å²) < 4.78 is 4.97. The van der Waals surface area contributed by atoms with E-state index in [9.17, 15) is 9.59 Å². The third kappa shape index (κ3) is 2.95. The second kappa shape index (κ2) is 6.44. The van der Waals surface area contributed by atoms with Crippen LogP contribution < -0.4 is 10.2 Å². The number of nitrogens with one attached hydrogen (secondary N) is 1. The smallest absolute Gasteiger partial charge is 0.294 e. The fourth-order valence-electron chi connectivity index (χ4n) is 3.00. The highest BCUT2D eigenvalue weighted by Gasteiger charge is 2.26. The number of pyridine rings is 1. The minimum Gasteiger partial charge on any atom is -0.351 e. The van der Waals surface area contributed by atoms with Crippen LogP contribution in [-0.4, -0.2) is 28.5 Å². The van der Waals surface area contributed by atoms with Crippen LogP contribution in [0.4, 0.5) is 11.4 Å². The molecule has 0 saturated carbocycles. The van der Waals surface area contributed by atoms with Crippen molar-refractivity contribution in [3.8, 4) is 0 Å². The molecule has 0 radical (unpaired) electrons. The molecule has 130 valence electrons. The van der Waals surface area contributed by atoms with Crippen molar-refractivity contribution in [1.82, 2.24) is 10.1 Å². The highest BCUT2D eigenvalue weighted by molar-refractivity contribution is 6.07. The minimum absolute atomic E-state index is 0.0780. The van der Waals surface area contributed by atoms with Crippen molar-refractivity contribution in [2.24, 2.45) is 0 Å². The van der Waals surface area contributed by atoms with Crippen LogP contribution in [0.25, 0.3) is 0 Å². The Morgan fingerprint density at radius 3 is 2.85 bits per heavy atom. The van der Waals surface area contributed by atoms with Gasteiger partial charge in [-0.3, -0.25) is 14.6 Å². The molecule has 0 aliphatic carbocycles. The molecular weight excluding hydrogens is 332 g/mol. The first-order valence-electron chi connectivity index (χ1n) is 8.21. The Hall–Kier alpha value is -3.48. The van der Waals surface area contributed by atoms with Crippen molar-refractivity contribution >= 4 is 23.2 Å². The van der Waals surface area contributed by atoms with E-state index in [2.05, 4.69) is 15.5 Å². The van der Waals surface area contributed by atoms with E-state index >= 15 is 0 Å². The van der Waals surface area contributed by atoms with Crippen molar-refractivity contribution in [2.45, 2.75) is 13.3 Å². The van der Waals surface area contributed by atoms with Crippen LogP contribution in [0, 0.1) is 6.92 Å². The molecule has 1 aliphatic rings. The Morgan fingerprint density at radius 2 is 2.12 bits per heavy atom. The molecule has 0 fully saturated rings. The van der Waals surface area contributed by atoms with Gasteiger partial charge < -0.3 is 14.7 Å². The van der Waals surface area contributed by atoms with E-state index in [-0.39, 0.29) is 17.6 Å². The van der Waals surface area contributed by atoms with Crippen LogP contribution >= 0.6 is 0 Å². The lowest BCUT2D eigenvalue weighted by Crippen LogP contribution is -2.28. The lowest BCUT2D eigenvalue weighted by Gasteiger charge is -2.17. The quantitative estimate of drug-likeness (QED) is 0.786. The highest BCUT2D eigenvalue weighted by Crippen LogP contribution is 2.31. The van der Waals surface area contributed by atoms with Gasteiger partial charge >= 0.3 is 0 Å². The molecule has 1 N–H and O–H groups in total. The lowest BCUT2D eigenvalue weighted by atomic mass is 10.1. The zero-order valence-corrected chi connectivity index (χ0v) is 14.1. The van der Waals surface area contributed by atoms with Gasteiger partial charge in [0, 0.05) is 36.4 Å². The maximum atomic E-state index is 12.7. The van der Waals surface area contributed by atoms with Gasteiger partial charge in [-0.25, -0.2) is 0 Å². The van der Waals surface area contributed by atoms with Crippen LogP contribution in [0.5, 0.6) is 0 Å². The van der Waals surface area contributed by atoms with Crippen molar-refractivity contribution in [2.75, 3.05) is 16.8 Å². The van der Waals surface area contributed by atoms with Crippen molar-refractivity contribution in [1.29, 1.82) is 0 Å². The molecule has 4 rings (SSSR count). The molecule has 0 atom stereocenters. The standard InChI is InChI=1S/C19H16N4O3/c1-12-9-17(26-22-12)18(24)21-15-4-5-16-13(10-15)6-8-23(16)19(25)14-3-2-7-20-11-14/h2-5,7,9-11H,6,8H2,1H3,(H,21,24). The van der Waals surface area contributed by atoms with Crippen LogP contribution in [0.3, 0.4) is 0 Å². The molecular formula is C19H16N4O3. The van der Waals surface area contributed by atoms with E-state index in [0.29, 0.717) is 23.5 Å². The minimum atomic E-state index is -0.355. The first kappa shape index (κ1) is 16.0. The second-order valence-corrected chi connectivity index (χ2v) is 6.08. The Balaban J connectivity index is 1.53. The number of anilines is 2. The molecule has 0 spiro atoms. The van der Waals surface area contributed by atoms with Crippen molar-refractivity contribution in [3.63, 3.8) is 0 Å². The number of amides is 2. The number of hydrogen-bond donors (Lipinski definition) is 1. The first-order valence-corrected chi connectivity index (χ1v) is 8.21. The van der Waals surface area contributed by atoms with Gasteiger partial charge in [0.2, 0.25) is 5.76 Å². The number of carbonyl (C=O) groups is 2. The molecule has 0 bridgehead atoms. The summed E-state index contributed by atoms with van der Waals surface area (Å²) in [6.07, 6.45) is 3.93. The maximum absolute atomic E-state index is 12.7. The molecule has 26 heavy (non-hydrogen) atoms. The van der Waals surface area contributed by atoms with Crippen molar-refractivity contribution < 1.29 is 14.1 Å². The van der Waals surface area contributed by atoms with E-state index < -0.39 is 0 Å². The van der Waals surface area contributed by atoms with Crippen molar-refractivity contribution in [3.05, 3.63) is 71.4 Å². The lowest BCUT2D eigenvalue weighted by molar-refractivity contribution is 0.0980. The number of rotatable bonds is 3. The number of aromatic nitrogens is 2. The van der Waals surface area contributed by atoms with Gasteiger partial charge in [-0.05, 0) is 49.2 Å². The van der Waals surface area contributed by atoms with Crippen LogP contribution in [0.1, 0.15) is 32.2 Å². The number of carbonyl (C=O) groups excluding carboxylic acids is 2. The zero-order valence-electron chi connectivity index (χ0n) is 14.1. The normalized spacial score (nSPS) is 12.7. The SMILES string of the molecule is Cc1cc(C(=O)Nc2ccc3c(c2)CCN3C(=O)c2cccnc2)on1. The van der Waals surface area contributed by atoms with E-state index in [1.807, 2.05) is 12.1 Å². The molecule has 3 aromatic rings. The van der Waals surface area contributed by atoms with Gasteiger partial charge in [-0.15, -0.1) is 0 Å². The van der Waals surface area contributed by atoms with Gasteiger partial charge in [-0.1, -0.05) is 5.16 Å². The summed E-state index contributed by atoms with van der Waals surface area (Å²) in [4.78, 5) is 30.6. The molecule has 0 unspecified atom stereocenters. The maximum Gasteiger partial charge on any atom is 0.294 e. The number of nitrogens with zero attached hydrogens (tertiary/aromatic N) is 3. The summed E-state index contributed by atoms with van der Waals surface area (Å²) in [6.45, 7) is 2.35. The largest absolute Gasteiger partial charge is 0.351 e. The zero-order chi connectivity index (χ0) is 18.1. The fraction of sp³-hybridized carbons (Fsp3) is 0.158. The summed E-state index contributed by atoms with van der Waals surface area (Å²) in [7, 11) is 0. The fourth-order valence-corrected chi connectivity index (χ4v) is 3.00. The van der Waals surface area contributed by atoms with E-state index in [1.165, 1.54) is 0 Å². The summed E-state index contributed by atoms with van der Waals surface area (Å²) in [6, 6.07) is 10.6. The molecule has 3 heterocycles. The first-order chi connectivity index (χ1) is 12.6. The third-order valence-electron chi connectivity index (χ3n) is 4.24. The second-order valence-electron chi connectivity index (χ2n) is 6.08. The van der Waals surface area contributed by atoms with Gasteiger partial charge in [0.05, 0.1) is 11.3 Å². The van der Waals surface area contributed by atoms with Gasteiger partial charge in [0.1, 0.15) is 0 Å². The number of aryl methyl sites for hydroxylation is 1. The highest BCUT2D eigenvalue weighted by atomic mass is 16.5. The summed E-state index contributed by atoms with van der Waals surface area (Å²) in [5.74, 6) is -0.269. The number of hydrogen-bond acceptors (Lipinski definition) is 5. The average molecular weight is 348 g/mol. The molecule has 7 nitrogen and oxygen atoms in total. The number of fused-ring (bicyclic) bond motifs is 1. The molecule has 1 aliphatic heterocycles. The average Bonchev–Trinajstić information content (AvgIpc) is 3.28. The molecule has 2 amide bonds. The summed E-state index contributed by atoms with van der Waals surface area (Å²) >= 11 is 0. The molecule has 2 aromatic heterocycles. The van der Waals surface area contributed by atoms with E-state index in [4.69, 9.17) is 4.52 Å². The monoisotopic (exact) mass is 348 g/mol. The van der Waals surface area contributed by atoms with Crippen LogP contribution in [-0.2, 0) is 6.42 Å². The van der Waals surface area contributed by atoms with Crippen LogP contribution in [0.2, 0.25) is 0 Å². The summed E-state index contributed by atoms with van der Waals surface area (Å²) in [5, 5.41) is 6.50. The molecule has 1 aromatic carbocycles. The van der Waals surface area contributed by atoms with Gasteiger partial charge in [0.15, 0.2) is 0 Å². The number of benzene rings is 1. The van der Waals surface area contributed by atoms with Gasteiger partial charge in [-0.2, -0.15) is 0 Å². The molecule has 7 heteroatoms.